The van der Waals surface area contributed by atoms with Crippen molar-refractivity contribution in [3.05, 3.63) is 77.6 Å². The van der Waals surface area contributed by atoms with E-state index < -0.39 is 0 Å². The lowest BCUT2D eigenvalue weighted by atomic mass is 9.73. The highest BCUT2D eigenvalue weighted by Crippen LogP contribution is 2.38. The van der Waals surface area contributed by atoms with Crippen LogP contribution in [0.1, 0.15) is 27.4 Å². The molecule has 20 heavy (non-hydrogen) atoms. The second-order valence-electron chi connectivity index (χ2n) is 5.22. The minimum Gasteiger partial charge on any atom is -0.293 e. The van der Waals surface area contributed by atoms with Crippen LogP contribution >= 0.6 is 0 Å². The van der Waals surface area contributed by atoms with Gasteiger partial charge in [0.25, 0.3) is 0 Å². The van der Waals surface area contributed by atoms with Crippen LogP contribution in [0, 0.1) is 0 Å². The Hall–Kier alpha value is -2.48. The van der Waals surface area contributed by atoms with Gasteiger partial charge in [0.05, 0.1) is 5.92 Å². The summed E-state index contributed by atoms with van der Waals surface area (Å²) in [6.07, 6.45) is 4.40. The van der Waals surface area contributed by atoms with Crippen LogP contribution in [-0.2, 0) is 6.42 Å². The summed E-state index contributed by atoms with van der Waals surface area (Å²) in [5, 5.41) is 2.02. The lowest BCUT2D eigenvalue weighted by Gasteiger charge is -2.29. The van der Waals surface area contributed by atoms with Gasteiger partial charge in [-0.15, -0.1) is 0 Å². The molecule has 3 aromatic rings. The number of pyridine rings is 1. The van der Waals surface area contributed by atoms with Crippen molar-refractivity contribution in [1.29, 1.82) is 0 Å². The summed E-state index contributed by atoms with van der Waals surface area (Å²) < 4.78 is 0. The summed E-state index contributed by atoms with van der Waals surface area (Å²) in [6.45, 7) is 0. The summed E-state index contributed by atoms with van der Waals surface area (Å²) in [4.78, 5) is 16.9. The predicted octanol–water partition coefficient (Wildman–Crippen LogP) is 3.76. The number of fused-ring (bicyclic) bond motifs is 2. The van der Waals surface area contributed by atoms with Gasteiger partial charge in [0.1, 0.15) is 0 Å². The van der Waals surface area contributed by atoms with Crippen molar-refractivity contribution in [3.63, 3.8) is 0 Å². The van der Waals surface area contributed by atoms with Crippen LogP contribution in [0.15, 0.2) is 60.9 Å². The third-order valence-corrected chi connectivity index (χ3v) is 4.12. The summed E-state index contributed by atoms with van der Waals surface area (Å²) in [5.74, 6) is 0.222. The van der Waals surface area contributed by atoms with Crippen molar-refractivity contribution < 1.29 is 4.79 Å². The molecule has 1 heterocycles. The van der Waals surface area contributed by atoms with Gasteiger partial charge in [0, 0.05) is 23.3 Å². The van der Waals surface area contributed by atoms with Crippen LogP contribution in [0.5, 0.6) is 0 Å². The standard InChI is InChI=1S/C18H13NO/c20-18(16-10-13-4-1-2-6-14(13)16)15-7-3-5-12-8-9-19-11-17(12)15/h1-9,11,16H,10H2. The second-order valence-corrected chi connectivity index (χ2v) is 5.22. The zero-order valence-electron chi connectivity index (χ0n) is 10.9. The number of carbonyl (C=O) groups excluding carboxylic acids is 1. The minimum absolute atomic E-state index is 0.0111. The summed E-state index contributed by atoms with van der Waals surface area (Å²) >= 11 is 0. The van der Waals surface area contributed by atoms with E-state index in [-0.39, 0.29) is 11.7 Å². The van der Waals surface area contributed by atoms with E-state index in [9.17, 15) is 4.79 Å². The van der Waals surface area contributed by atoms with E-state index in [1.807, 2.05) is 36.4 Å². The molecular formula is C18H13NO. The summed E-state index contributed by atoms with van der Waals surface area (Å²) in [6, 6.07) is 16.0. The number of hydrogen-bond donors (Lipinski definition) is 0. The summed E-state index contributed by atoms with van der Waals surface area (Å²) in [7, 11) is 0. The monoisotopic (exact) mass is 259 g/mol. The third kappa shape index (κ3) is 1.58. The van der Waals surface area contributed by atoms with Gasteiger partial charge in [-0.25, -0.2) is 0 Å². The van der Waals surface area contributed by atoms with Crippen molar-refractivity contribution >= 4 is 16.6 Å². The Kier molecular flexibility index (Phi) is 2.43. The Labute approximate surface area is 117 Å². The quantitative estimate of drug-likeness (QED) is 0.656. The topological polar surface area (TPSA) is 30.0 Å². The SMILES string of the molecule is O=C(c1cccc2ccncc12)C1Cc2ccccc21. The number of Topliss-reactive ketones (excluding diaryl/α,β-unsaturated/α-hetero) is 1. The fourth-order valence-electron chi connectivity index (χ4n) is 3.01. The highest BCUT2D eigenvalue weighted by Gasteiger charge is 2.32. The van der Waals surface area contributed by atoms with E-state index in [2.05, 4.69) is 17.1 Å². The largest absolute Gasteiger partial charge is 0.293 e. The van der Waals surface area contributed by atoms with Crippen LogP contribution in [0.4, 0.5) is 0 Å². The predicted molar refractivity (Wildman–Crippen MR) is 79.0 cm³/mol. The summed E-state index contributed by atoms with van der Waals surface area (Å²) in [5.41, 5.74) is 3.26. The van der Waals surface area contributed by atoms with Crippen LogP contribution in [0.25, 0.3) is 10.8 Å². The number of aromatic nitrogens is 1. The molecule has 1 unspecified atom stereocenters. The van der Waals surface area contributed by atoms with E-state index in [4.69, 9.17) is 0 Å². The molecule has 96 valence electrons. The number of ketones is 1. The van der Waals surface area contributed by atoms with Crippen LogP contribution in [0.2, 0.25) is 0 Å². The van der Waals surface area contributed by atoms with E-state index in [1.54, 1.807) is 12.4 Å². The lowest BCUT2D eigenvalue weighted by Crippen LogP contribution is -2.25. The highest BCUT2D eigenvalue weighted by atomic mass is 16.1. The van der Waals surface area contributed by atoms with Gasteiger partial charge < -0.3 is 0 Å². The third-order valence-electron chi connectivity index (χ3n) is 4.12. The maximum Gasteiger partial charge on any atom is 0.171 e. The zero-order valence-corrected chi connectivity index (χ0v) is 10.9. The first-order chi connectivity index (χ1) is 9.84. The number of benzene rings is 2. The fraction of sp³-hybridized carbons (Fsp3) is 0.111. The molecule has 0 radical (unpaired) electrons. The average molecular weight is 259 g/mol. The molecule has 1 aliphatic rings. The first-order valence-corrected chi connectivity index (χ1v) is 6.79. The van der Waals surface area contributed by atoms with E-state index in [1.165, 1.54) is 11.1 Å². The first kappa shape index (κ1) is 11.4. The van der Waals surface area contributed by atoms with Crippen LogP contribution in [-0.4, -0.2) is 10.8 Å². The fourth-order valence-corrected chi connectivity index (χ4v) is 3.01. The normalized spacial score (nSPS) is 16.5. The van der Waals surface area contributed by atoms with Gasteiger partial charge in [0.15, 0.2) is 5.78 Å². The van der Waals surface area contributed by atoms with Gasteiger partial charge >= 0.3 is 0 Å². The molecule has 0 spiro atoms. The average Bonchev–Trinajstić information content (AvgIpc) is 2.48. The Balaban J connectivity index is 1.80. The number of nitrogens with zero attached hydrogens (tertiary/aromatic N) is 1. The molecule has 1 aliphatic carbocycles. The first-order valence-electron chi connectivity index (χ1n) is 6.79. The van der Waals surface area contributed by atoms with Gasteiger partial charge in [0.2, 0.25) is 0 Å². The second kappa shape index (κ2) is 4.27. The number of hydrogen-bond acceptors (Lipinski definition) is 2. The van der Waals surface area contributed by atoms with Crippen molar-refractivity contribution in [2.24, 2.45) is 0 Å². The molecule has 0 N–H and O–H groups in total. The molecule has 0 bridgehead atoms. The van der Waals surface area contributed by atoms with Crippen molar-refractivity contribution in [2.75, 3.05) is 0 Å². The molecule has 2 heteroatoms. The molecule has 4 rings (SSSR count). The molecule has 2 aromatic carbocycles. The molecule has 0 aliphatic heterocycles. The van der Waals surface area contributed by atoms with Crippen LogP contribution in [0.3, 0.4) is 0 Å². The maximum atomic E-state index is 12.8. The van der Waals surface area contributed by atoms with Crippen LogP contribution < -0.4 is 0 Å². The highest BCUT2D eigenvalue weighted by molar-refractivity contribution is 6.11. The van der Waals surface area contributed by atoms with E-state index >= 15 is 0 Å². The number of rotatable bonds is 2. The van der Waals surface area contributed by atoms with Gasteiger partial charge in [-0.3, -0.25) is 9.78 Å². The molecule has 0 saturated heterocycles. The molecule has 1 aromatic heterocycles. The lowest BCUT2D eigenvalue weighted by molar-refractivity contribution is 0.0950. The Bertz CT molecular complexity index is 817. The van der Waals surface area contributed by atoms with E-state index in [0.717, 1.165) is 22.8 Å². The van der Waals surface area contributed by atoms with E-state index in [0.29, 0.717) is 0 Å². The Morgan fingerprint density at radius 1 is 1.05 bits per heavy atom. The van der Waals surface area contributed by atoms with Crippen molar-refractivity contribution in [2.45, 2.75) is 12.3 Å². The van der Waals surface area contributed by atoms with Crippen molar-refractivity contribution in [3.8, 4) is 0 Å². The number of carbonyl (C=O) groups is 1. The van der Waals surface area contributed by atoms with Crippen molar-refractivity contribution in [1.82, 2.24) is 4.98 Å². The molecule has 2 nitrogen and oxygen atoms in total. The smallest absolute Gasteiger partial charge is 0.171 e. The van der Waals surface area contributed by atoms with Gasteiger partial charge in [-0.2, -0.15) is 0 Å². The minimum atomic E-state index is 0.0111. The molecule has 0 fully saturated rings. The Morgan fingerprint density at radius 3 is 2.85 bits per heavy atom. The maximum absolute atomic E-state index is 12.8. The molecular weight excluding hydrogens is 246 g/mol. The molecule has 0 amide bonds. The Morgan fingerprint density at radius 2 is 1.95 bits per heavy atom. The zero-order chi connectivity index (χ0) is 13.5. The molecule has 1 atom stereocenters. The van der Waals surface area contributed by atoms with Gasteiger partial charge in [-0.05, 0) is 29.0 Å². The van der Waals surface area contributed by atoms with Gasteiger partial charge in [-0.1, -0.05) is 42.5 Å². The molecule has 0 saturated carbocycles.